The maximum Gasteiger partial charge on any atom is 0.335 e. The van der Waals surface area contributed by atoms with Crippen LogP contribution in [0, 0.1) is 6.92 Å². The van der Waals surface area contributed by atoms with E-state index in [1.54, 1.807) is 19.2 Å². The summed E-state index contributed by atoms with van der Waals surface area (Å²) in [5, 5.41) is 9.21. The Morgan fingerprint density at radius 1 is 1.30 bits per heavy atom. The van der Waals surface area contributed by atoms with Crippen molar-refractivity contribution in [2.24, 2.45) is 0 Å². The summed E-state index contributed by atoms with van der Waals surface area (Å²) in [7, 11) is 1.66. The van der Waals surface area contributed by atoms with Crippen molar-refractivity contribution in [3.05, 3.63) is 34.9 Å². The Labute approximate surface area is 137 Å². The van der Waals surface area contributed by atoms with Gasteiger partial charge in [-0.2, -0.15) is 0 Å². The molecule has 0 spiro atoms. The normalized spacial score (nSPS) is 20.7. The standard InChI is InChI=1S/C18H25NO4/c1-4-6-18(12-23-3)7-5-8-19(18)16(20)14-9-13(2)10-15(11-14)17(21)22/h9-11H,4-8,12H2,1-3H3,(H,21,22). The van der Waals surface area contributed by atoms with Gasteiger partial charge in [-0.05, 0) is 49.9 Å². The van der Waals surface area contributed by atoms with E-state index in [0.29, 0.717) is 18.7 Å². The molecule has 1 aliphatic heterocycles. The third-order valence-electron chi connectivity index (χ3n) is 4.54. The number of carboxylic acids is 1. The molecule has 1 saturated heterocycles. The molecule has 1 amide bonds. The maximum atomic E-state index is 13.0. The molecule has 23 heavy (non-hydrogen) atoms. The molecule has 1 heterocycles. The van der Waals surface area contributed by atoms with Gasteiger partial charge in [0.05, 0.1) is 17.7 Å². The van der Waals surface area contributed by atoms with Crippen LogP contribution in [0.2, 0.25) is 0 Å². The van der Waals surface area contributed by atoms with Gasteiger partial charge in [-0.15, -0.1) is 0 Å². The molecule has 1 unspecified atom stereocenters. The highest BCUT2D eigenvalue weighted by atomic mass is 16.5. The van der Waals surface area contributed by atoms with Crippen molar-refractivity contribution in [2.45, 2.75) is 45.1 Å². The molecule has 0 saturated carbocycles. The lowest BCUT2D eigenvalue weighted by Crippen LogP contribution is -2.50. The highest BCUT2D eigenvalue weighted by Gasteiger charge is 2.43. The number of hydrogen-bond acceptors (Lipinski definition) is 3. The maximum absolute atomic E-state index is 13.0. The van der Waals surface area contributed by atoms with E-state index in [-0.39, 0.29) is 17.0 Å². The smallest absolute Gasteiger partial charge is 0.335 e. The molecular formula is C18H25NO4. The number of ether oxygens (including phenoxy) is 1. The Morgan fingerprint density at radius 2 is 2.00 bits per heavy atom. The van der Waals surface area contributed by atoms with E-state index in [4.69, 9.17) is 4.74 Å². The van der Waals surface area contributed by atoms with Crippen LogP contribution in [0.5, 0.6) is 0 Å². The van der Waals surface area contributed by atoms with Crippen LogP contribution in [0.4, 0.5) is 0 Å². The van der Waals surface area contributed by atoms with Crippen molar-refractivity contribution in [3.63, 3.8) is 0 Å². The van der Waals surface area contributed by atoms with Gasteiger partial charge in [0, 0.05) is 19.2 Å². The van der Waals surface area contributed by atoms with Gasteiger partial charge in [0.25, 0.3) is 5.91 Å². The summed E-state index contributed by atoms with van der Waals surface area (Å²) in [6.07, 6.45) is 3.75. The summed E-state index contributed by atoms with van der Waals surface area (Å²) in [5.74, 6) is -1.11. The fourth-order valence-corrected chi connectivity index (χ4v) is 3.66. The summed E-state index contributed by atoms with van der Waals surface area (Å²) >= 11 is 0. The molecule has 1 fully saturated rings. The largest absolute Gasteiger partial charge is 0.478 e. The van der Waals surface area contributed by atoms with Crippen molar-refractivity contribution < 1.29 is 19.4 Å². The number of likely N-dealkylation sites (tertiary alicyclic amines) is 1. The van der Waals surface area contributed by atoms with Crippen LogP contribution in [-0.4, -0.2) is 47.7 Å². The van der Waals surface area contributed by atoms with Crippen molar-refractivity contribution >= 4 is 11.9 Å². The quantitative estimate of drug-likeness (QED) is 0.875. The molecule has 5 heteroatoms. The van der Waals surface area contributed by atoms with E-state index >= 15 is 0 Å². The fourth-order valence-electron chi connectivity index (χ4n) is 3.66. The molecule has 0 aromatic heterocycles. The molecule has 1 aromatic carbocycles. The highest BCUT2D eigenvalue weighted by molar-refractivity contribution is 5.98. The second kappa shape index (κ2) is 7.13. The van der Waals surface area contributed by atoms with Crippen LogP contribution >= 0.6 is 0 Å². The van der Waals surface area contributed by atoms with Gasteiger partial charge >= 0.3 is 5.97 Å². The predicted molar refractivity (Wildman–Crippen MR) is 87.9 cm³/mol. The van der Waals surface area contributed by atoms with Crippen LogP contribution in [0.1, 0.15) is 58.9 Å². The third-order valence-corrected chi connectivity index (χ3v) is 4.54. The topological polar surface area (TPSA) is 66.8 Å². The average Bonchev–Trinajstić information content (AvgIpc) is 2.90. The summed E-state index contributed by atoms with van der Waals surface area (Å²) in [6, 6.07) is 4.81. The van der Waals surface area contributed by atoms with Crippen LogP contribution < -0.4 is 0 Å². The van der Waals surface area contributed by atoms with Crippen LogP contribution in [0.25, 0.3) is 0 Å². The van der Waals surface area contributed by atoms with Crippen LogP contribution in [0.3, 0.4) is 0 Å². The molecule has 0 radical (unpaired) electrons. The van der Waals surface area contributed by atoms with Gasteiger partial charge in [0.2, 0.25) is 0 Å². The van der Waals surface area contributed by atoms with E-state index in [1.165, 1.54) is 6.07 Å². The molecule has 1 N–H and O–H groups in total. The molecule has 1 aliphatic rings. The minimum absolute atomic E-state index is 0.0980. The summed E-state index contributed by atoms with van der Waals surface area (Å²) in [4.78, 5) is 26.1. The van der Waals surface area contributed by atoms with Crippen molar-refractivity contribution in [1.82, 2.24) is 4.90 Å². The third kappa shape index (κ3) is 3.55. The van der Waals surface area contributed by atoms with Gasteiger partial charge in [0.15, 0.2) is 0 Å². The van der Waals surface area contributed by atoms with Crippen LogP contribution in [-0.2, 0) is 4.74 Å². The molecule has 0 aliphatic carbocycles. The van der Waals surface area contributed by atoms with E-state index < -0.39 is 5.97 Å². The number of nitrogens with zero attached hydrogens (tertiary/aromatic N) is 1. The average molecular weight is 319 g/mol. The summed E-state index contributed by atoms with van der Waals surface area (Å²) in [5.41, 5.74) is 1.11. The number of methoxy groups -OCH3 is 1. The van der Waals surface area contributed by atoms with E-state index in [1.807, 2.05) is 11.8 Å². The number of carboxylic acid groups (broad SMARTS) is 1. The number of carbonyl (C=O) groups is 2. The number of hydrogen-bond donors (Lipinski definition) is 1. The molecule has 2 rings (SSSR count). The highest BCUT2D eigenvalue weighted by Crippen LogP contribution is 2.35. The number of benzene rings is 1. The zero-order valence-electron chi connectivity index (χ0n) is 14.1. The molecular weight excluding hydrogens is 294 g/mol. The molecule has 1 atom stereocenters. The zero-order valence-corrected chi connectivity index (χ0v) is 14.1. The van der Waals surface area contributed by atoms with Gasteiger partial charge in [-0.1, -0.05) is 13.3 Å². The second-order valence-electron chi connectivity index (χ2n) is 6.36. The number of amides is 1. The van der Waals surface area contributed by atoms with E-state index in [9.17, 15) is 14.7 Å². The molecule has 5 nitrogen and oxygen atoms in total. The number of aryl methyl sites for hydroxylation is 1. The Balaban J connectivity index is 2.36. The Kier molecular flexibility index (Phi) is 5.42. The second-order valence-corrected chi connectivity index (χ2v) is 6.36. The lowest BCUT2D eigenvalue weighted by atomic mass is 9.90. The molecule has 1 aromatic rings. The fraction of sp³-hybridized carbons (Fsp3) is 0.556. The first-order chi connectivity index (χ1) is 10.9. The Morgan fingerprint density at radius 3 is 2.61 bits per heavy atom. The van der Waals surface area contributed by atoms with Crippen molar-refractivity contribution in [1.29, 1.82) is 0 Å². The minimum Gasteiger partial charge on any atom is -0.478 e. The Bertz CT molecular complexity index is 591. The monoisotopic (exact) mass is 319 g/mol. The summed E-state index contributed by atoms with van der Waals surface area (Å²) in [6.45, 7) is 5.12. The lowest BCUT2D eigenvalue weighted by Gasteiger charge is -2.38. The number of carbonyl (C=O) groups excluding carboxylic acids is 1. The molecule has 126 valence electrons. The van der Waals surface area contributed by atoms with E-state index in [2.05, 4.69) is 6.92 Å². The number of aromatic carboxylic acids is 1. The first-order valence-electron chi connectivity index (χ1n) is 8.09. The minimum atomic E-state index is -1.01. The first-order valence-corrected chi connectivity index (χ1v) is 8.09. The van der Waals surface area contributed by atoms with Gasteiger partial charge in [-0.3, -0.25) is 4.79 Å². The van der Waals surface area contributed by atoms with Gasteiger partial charge < -0.3 is 14.7 Å². The van der Waals surface area contributed by atoms with Crippen molar-refractivity contribution in [3.8, 4) is 0 Å². The number of rotatable bonds is 6. The van der Waals surface area contributed by atoms with Crippen LogP contribution in [0.15, 0.2) is 18.2 Å². The summed E-state index contributed by atoms with van der Waals surface area (Å²) < 4.78 is 5.40. The predicted octanol–water partition coefficient (Wildman–Crippen LogP) is 3.11. The lowest BCUT2D eigenvalue weighted by molar-refractivity contribution is 0.0254. The zero-order chi connectivity index (χ0) is 17.0. The first kappa shape index (κ1) is 17.5. The SMILES string of the molecule is CCCC1(COC)CCCN1C(=O)c1cc(C)cc(C(=O)O)c1. The Hall–Kier alpha value is -1.88. The van der Waals surface area contributed by atoms with Gasteiger partial charge in [0.1, 0.15) is 0 Å². The molecule has 0 bridgehead atoms. The van der Waals surface area contributed by atoms with E-state index in [0.717, 1.165) is 31.2 Å². The van der Waals surface area contributed by atoms with Gasteiger partial charge in [-0.25, -0.2) is 4.79 Å². The van der Waals surface area contributed by atoms with Crippen molar-refractivity contribution in [2.75, 3.05) is 20.3 Å².